The van der Waals surface area contributed by atoms with Gasteiger partial charge in [0, 0.05) is 13.6 Å². The molecule has 0 spiro atoms. The van der Waals surface area contributed by atoms with Gasteiger partial charge < -0.3 is 14.2 Å². The lowest BCUT2D eigenvalue weighted by molar-refractivity contribution is -0.129. The van der Waals surface area contributed by atoms with E-state index in [1.165, 1.54) is 19.2 Å². The SMILES string of the molecule is COc1cc(/C=C2\N=C(c3ccc(I)c(Br)c3)OC2=O)cc(Br)c1OCc1ccc(F)cc1. The molecule has 0 bridgehead atoms. The number of carbonyl (C=O) groups is 1. The minimum absolute atomic E-state index is 0.175. The van der Waals surface area contributed by atoms with E-state index in [0.29, 0.717) is 27.1 Å². The molecule has 1 aliphatic rings. The van der Waals surface area contributed by atoms with Crippen LogP contribution >= 0.6 is 54.5 Å². The van der Waals surface area contributed by atoms with Gasteiger partial charge in [0.25, 0.3) is 0 Å². The zero-order valence-corrected chi connectivity index (χ0v) is 22.4. The fourth-order valence-electron chi connectivity index (χ4n) is 3.02. The summed E-state index contributed by atoms with van der Waals surface area (Å²) in [7, 11) is 1.53. The number of nitrogens with zero attached hydrogens (tertiary/aromatic N) is 1. The molecule has 0 atom stereocenters. The minimum atomic E-state index is -0.536. The molecule has 0 aromatic heterocycles. The van der Waals surface area contributed by atoms with Crippen LogP contribution < -0.4 is 9.47 Å². The standard InChI is InChI=1S/C24H15Br2FINO4/c1-31-21-10-14(8-18(26)22(21)32-12-13-2-5-16(27)6-3-13)9-20-24(30)33-23(29-20)15-4-7-19(28)17(25)11-15/h2-11H,12H2,1H3/b20-9-. The van der Waals surface area contributed by atoms with E-state index in [1.54, 1.807) is 30.3 Å². The molecule has 168 valence electrons. The molecule has 0 saturated carbocycles. The van der Waals surface area contributed by atoms with Gasteiger partial charge in [-0.1, -0.05) is 12.1 Å². The Morgan fingerprint density at radius 1 is 1.09 bits per heavy atom. The Balaban J connectivity index is 1.59. The molecule has 33 heavy (non-hydrogen) atoms. The third-order valence-electron chi connectivity index (χ3n) is 4.64. The zero-order valence-electron chi connectivity index (χ0n) is 17.1. The smallest absolute Gasteiger partial charge is 0.363 e. The topological polar surface area (TPSA) is 57.1 Å². The first-order valence-corrected chi connectivity index (χ1v) is 12.2. The van der Waals surface area contributed by atoms with Crippen LogP contribution in [0.3, 0.4) is 0 Å². The number of ether oxygens (including phenoxy) is 3. The van der Waals surface area contributed by atoms with Gasteiger partial charge in [0.2, 0.25) is 5.90 Å². The Morgan fingerprint density at radius 3 is 2.55 bits per heavy atom. The average molecular weight is 687 g/mol. The molecular weight excluding hydrogens is 672 g/mol. The van der Waals surface area contributed by atoms with Gasteiger partial charge in [0.05, 0.1) is 11.6 Å². The highest BCUT2D eigenvalue weighted by Gasteiger charge is 2.25. The Labute approximate surface area is 220 Å². The first-order valence-electron chi connectivity index (χ1n) is 9.57. The third-order valence-corrected chi connectivity index (χ3v) is 7.57. The lowest BCUT2D eigenvalue weighted by Crippen LogP contribution is -2.05. The van der Waals surface area contributed by atoms with Gasteiger partial charge >= 0.3 is 5.97 Å². The summed E-state index contributed by atoms with van der Waals surface area (Å²) >= 11 is 9.18. The molecule has 0 unspecified atom stereocenters. The maximum atomic E-state index is 13.1. The summed E-state index contributed by atoms with van der Waals surface area (Å²) < 4.78 is 32.4. The van der Waals surface area contributed by atoms with Crippen molar-refractivity contribution < 1.29 is 23.4 Å². The zero-order chi connectivity index (χ0) is 23.5. The van der Waals surface area contributed by atoms with Gasteiger partial charge in [-0.2, -0.15) is 0 Å². The van der Waals surface area contributed by atoms with E-state index in [2.05, 4.69) is 59.4 Å². The van der Waals surface area contributed by atoms with Crippen LogP contribution in [0.25, 0.3) is 6.08 Å². The maximum absolute atomic E-state index is 13.1. The molecule has 1 aliphatic heterocycles. The number of hydrogen-bond donors (Lipinski definition) is 0. The lowest BCUT2D eigenvalue weighted by atomic mass is 10.1. The Kier molecular flexibility index (Phi) is 7.50. The molecule has 0 radical (unpaired) electrons. The molecule has 0 amide bonds. The van der Waals surface area contributed by atoms with Crippen molar-refractivity contribution in [2.45, 2.75) is 6.61 Å². The maximum Gasteiger partial charge on any atom is 0.363 e. The third kappa shape index (κ3) is 5.64. The molecule has 0 saturated heterocycles. The number of halogens is 4. The van der Waals surface area contributed by atoms with Crippen LogP contribution in [0.15, 0.2) is 74.2 Å². The summed E-state index contributed by atoms with van der Waals surface area (Å²) in [4.78, 5) is 16.8. The number of aliphatic imine (C=N–C) groups is 1. The van der Waals surface area contributed by atoms with E-state index in [1.807, 2.05) is 18.2 Å². The van der Waals surface area contributed by atoms with Crippen molar-refractivity contribution in [1.82, 2.24) is 0 Å². The molecule has 1 heterocycles. The van der Waals surface area contributed by atoms with E-state index >= 15 is 0 Å². The van der Waals surface area contributed by atoms with Gasteiger partial charge in [-0.3, -0.25) is 0 Å². The Bertz CT molecular complexity index is 1290. The summed E-state index contributed by atoms with van der Waals surface area (Å²) in [6.07, 6.45) is 1.62. The van der Waals surface area contributed by atoms with Crippen molar-refractivity contribution in [3.8, 4) is 11.5 Å². The highest BCUT2D eigenvalue weighted by atomic mass is 127. The molecule has 0 aliphatic carbocycles. The Hall–Kier alpha value is -2.24. The van der Waals surface area contributed by atoms with Crippen LogP contribution in [0, 0.1) is 9.39 Å². The predicted molar refractivity (Wildman–Crippen MR) is 139 cm³/mol. The van der Waals surface area contributed by atoms with E-state index in [-0.39, 0.29) is 24.0 Å². The quantitative estimate of drug-likeness (QED) is 0.161. The first-order chi connectivity index (χ1) is 15.8. The van der Waals surface area contributed by atoms with Gasteiger partial charge in [-0.25, -0.2) is 14.2 Å². The number of hydrogen-bond acceptors (Lipinski definition) is 5. The van der Waals surface area contributed by atoms with Crippen molar-refractivity contribution in [2.75, 3.05) is 7.11 Å². The van der Waals surface area contributed by atoms with E-state index < -0.39 is 5.97 Å². The van der Waals surface area contributed by atoms with Crippen LogP contribution in [-0.4, -0.2) is 19.0 Å². The van der Waals surface area contributed by atoms with Crippen molar-refractivity contribution in [1.29, 1.82) is 0 Å². The fraction of sp³-hybridized carbons (Fsp3) is 0.0833. The Morgan fingerprint density at radius 2 is 1.85 bits per heavy atom. The molecule has 3 aromatic rings. The number of esters is 1. The van der Waals surface area contributed by atoms with Gasteiger partial charge in [0.1, 0.15) is 12.4 Å². The van der Waals surface area contributed by atoms with Crippen LogP contribution in [0.5, 0.6) is 11.5 Å². The summed E-state index contributed by atoms with van der Waals surface area (Å²) in [6.45, 7) is 0.237. The van der Waals surface area contributed by atoms with Crippen molar-refractivity contribution >= 4 is 72.4 Å². The monoisotopic (exact) mass is 685 g/mol. The number of cyclic esters (lactones) is 1. The largest absolute Gasteiger partial charge is 0.493 e. The number of carbonyl (C=O) groups excluding carboxylic acids is 1. The fourth-order valence-corrected chi connectivity index (χ4v) is 4.31. The summed E-state index contributed by atoms with van der Waals surface area (Å²) in [5, 5.41) is 0. The summed E-state index contributed by atoms with van der Waals surface area (Å²) in [5.74, 6) is 0.363. The normalized spacial score (nSPS) is 14.3. The number of methoxy groups -OCH3 is 1. The van der Waals surface area contributed by atoms with Gasteiger partial charge in [0.15, 0.2) is 17.2 Å². The van der Waals surface area contributed by atoms with E-state index in [4.69, 9.17) is 14.2 Å². The predicted octanol–water partition coefficient (Wildman–Crippen LogP) is 6.89. The van der Waals surface area contributed by atoms with Gasteiger partial charge in [-0.15, -0.1) is 0 Å². The minimum Gasteiger partial charge on any atom is -0.493 e. The highest BCUT2D eigenvalue weighted by molar-refractivity contribution is 14.1. The van der Waals surface area contributed by atoms with Crippen LogP contribution in [-0.2, 0) is 16.1 Å². The van der Waals surface area contributed by atoms with E-state index in [9.17, 15) is 9.18 Å². The second-order valence-corrected chi connectivity index (χ2v) is 9.79. The summed E-state index contributed by atoms with van der Waals surface area (Å²) in [6, 6.07) is 15.2. The molecule has 0 fully saturated rings. The number of rotatable bonds is 6. The second kappa shape index (κ2) is 10.4. The molecule has 4 rings (SSSR count). The van der Waals surface area contributed by atoms with Crippen LogP contribution in [0.2, 0.25) is 0 Å². The van der Waals surface area contributed by atoms with Crippen molar-refractivity contribution in [3.05, 3.63) is 95.3 Å². The first kappa shape index (κ1) is 23.9. The molecule has 9 heteroatoms. The second-order valence-electron chi connectivity index (χ2n) is 6.91. The summed E-state index contributed by atoms with van der Waals surface area (Å²) in [5.41, 5.74) is 2.36. The van der Waals surface area contributed by atoms with Crippen molar-refractivity contribution in [2.24, 2.45) is 4.99 Å². The molecular formula is C24H15Br2FINO4. The van der Waals surface area contributed by atoms with Gasteiger partial charge in [-0.05, 0) is 114 Å². The van der Waals surface area contributed by atoms with Crippen LogP contribution in [0.4, 0.5) is 4.39 Å². The number of benzene rings is 3. The molecule has 0 N–H and O–H groups in total. The van der Waals surface area contributed by atoms with Crippen LogP contribution in [0.1, 0.15) is 16.7 Å². The lowest BCUT2D eigenvalue weighted by Gasteiger charge is -2.13. The molecule has 3 aromatic carbocycles. The van der Waals surface area contributed by atoms with E-state index in [0.717, 1.165) is 13.6 Å². The van der Waals surface area contributed by atoms with Crippen molar-refractivity contribution in [3.63, 3.8) is 0 Å². The highest BCUT2D eigenvalue weighted by Crippen LogP contribution is 2.38. The average Bonchev–Trinajstić information content (AvgIpc) is 3.15. The molecule has 5 nitrogen and oxygen atoms in total.